The van der Waals surface area contributed by atoms with E-state index in [0.717, 1.165) is 11.3 Å². The number of hydrazone groups is 1. The van der Waals surface area contributed by atoms with Crippen LogP contribution in [-0.2, 0) is 0 Å². The number of rotatable bonds is 7. The molecule has 0 saturated heterocycles. The molecular formula is C19H18N2O3. The van der Waals surface area contributed by atoms with E-state index in [-0.39, 0.29) is 12.5 Å². The highest BCUT2D eigenvalue weighted by molar-refractivity contribution is 5.95. The van der Waals surface area contributed by atoms with Gasteiger partial charge in [0.15, 0.2) is 0 Å². The smallest absolute Gasteiger partial charge is 0.271 e. The lowest BCUT2D eigenvalue weighted by Crippen LogP contribution is -2.17. The van der Waals surface area contributed by atoms with Gasteiger partial charge in [-0.3, -0.25) is 4.79 Å². The van der Waals surface area contributed by atoms with Crippen LogP contribution in [0.25, 0.3) is 0 Å². The number of ether oxygens (including phenoxy) is 2. The third-order valence-electron chi connectivity index (χ3n) is 2.99. The molecule has 2 rings (SSSR count). The Morgan fingerprint density at radius 3 is 2.71 bits per heavy atom. The lowest BCUT2D eigenvalue weighted by molar-refractivity contribution is 0.0955. The van der Waals surface area contributed by atoms with E-state index in [4.69, 9.17) is 15.9 Å². The van der Waals surface area contributed by atoms with E-state index in [1.165, 1.54) is 6.21 Å². The van der Waals surface area contributed by atoms with Crippen molar-refractivity contribution in [3.63, 3.8) is 0 Å². The molecule has 0 bridgehead atoms. The Hall–Kier alpha value is -3.26. The second-order valence-corrected chi connectivity index (χ2v) is 4.72. The van der Waals surface area contributed by atoms with E-state index in [1.54, 1.807) is 36.4 Å². The fourth-order valence-electron chi connectivity index (χ4n) is 1.91. The van der Waals surface area contributed by atoms with Gasteiger partial charge in [-0.1, -0.05) is 18.1 Å². The van der Waals surface area contributed by atoms with Crippen LogP contribution in [0.3, 0.4) is 0 Å². The molecule has 0 spiro atoms. The molecule has 0 aliphatic heterocycles. The zero-order chi connectivity index (χ0) is 17.2. The van der Waals surface area contributed by atoms with Crippen LogP contribution in [0.1, 0.15) is 22.8 Å². The molecule has 122 valence electrons. The topological polar surface area (TPSA) is 59.9 Å². The van der Waals surface area contributed by atoms with Gasteiger partial charge in [-0.05, 0) is 48.9 Å². The summed E-state index contributed by atoms with van der Waals surface area (Å²) < 4.78 is 10.7. The Kier molecular flexibility index (Phi) is 6.42. The molecule has 0 atom stereocenters. The predicted octanol–water partition coefficient (Wildman–Crippen LogP) is 2.86. The fourth-order valence-corrected chi connectivity index (χ4v) is 1.91. The molecule has 5 nitrogen and oxygen atoms in total. The van der Waals surface area contributed by atoms with E-state index in [2.05, 4.69) is 16.4 Å². The monoisotopic (exact) mass is 322 g/mol. The van der Waals surface area contributed by atoms with Crippen LogP contribution in [0.4, 0.5) is 0 Å². The van der Waals surface area contributed by atoms with Crippen molar-refractivity contribution in [3.05, 3.63) is 59.7 Å². The van der Waals surface area contributed by atoms with E-state index in [0.29, 0.717) is 17.9 Å². The summed E-state index contributed by atoms with van der Waals surface area (Å²) in [5.74, 6) is 3.48. The molecule has 5 heteroatoms. The minimum atomic E-state index is -0.297. The van der Waals surface area contributed by atoms with Crippen LogP contribution >= 0.6 is 0 Å². The molecule has 2 aromatic carbocycles. The molecule has 0 aromatic heterocycles. The van der Waals surface area contributed by atoms with Gasteiger partial charge in [0.25, 0.3) is 5.91 Å². The maximum atomic E-state index is 12.0. The second kappa shape index (κ2) is 9.01. The van der Waals surface area contributed by atoms with Crippen LogP contribution in [0.5, 0.6) is 11.5 Å². The standard InChI is InChI=1S/C19H18N2O3/c1-3-12-24-18-7-5-6-15(13-18)14-20-21-19(22)16-8-10-17(11-9-16)23-4-2/h1,5-11,13-14H,4,12H2,2H3,(H,21,22)/b20-14+. The van der Waals surface area contributed by atoms with Gasteiger partial charge in [0.05, 0.1) is 12.8 Å². The number of terminal acetylenes is 1. The van der Waals surface area contributed by atoms with Crippen molar-refractivity contribution < 1.29 is 14.3 Å². The van der Waals surface area contributed by atoms with Crippen molar-refractivity contribution >= 4 is 12.1 Å². The lowest BCUT2D eigenvalue weighted by Gasteiger charge is -2.04. The van der Waals surface area contributed by atoms with Gasteiger partial charge >= 0.3 is 0 Å². The van der Waals surface area contributed by atoms with Crippen LogP contribution in [0.15, 0.2) is 53.6 Å². The molecule has 1 amide bonds. The Balaban J connectivity index is 1.93. The largest absolute Gasteiger partial charge is 0.494 e. The normalized spacial score (nSPS) is 10.2. The van der Waals surface area contributed by atoms with Crippen molar-refractivity contribution in [3.8, 4) is 23.8 Å². The highest BCUT2D eigenvalue weighted by Gasteiger charge is 2.04. The summed E-state index contributed by atoms with van der Waals surface area (Å²) in [6.07, 6.45) is 6.69. The average Bonchev–Trinajstić information content (AvgIpc) is 2.61. The third kappa shape index (κ3) is 5.18. The molecule has 0 saturated carbocycles. The molecule has 0 aliphatic rings. The van der Waals surface area contributed by atoms with Gasteiger partial charge < -0.3 is 9.47 Å². The van der Waals surface area contributed by atoms with Crippen LogP contribution in [-0.4, -0.2) is 25.3 Å². The average molecular weight is 322 g/mol. The lowest BCUT2D eigenvalue weighted by atomic mass is 10.2. The number of hydrogen-bond donors (Lipinski definition) is 1. The summed E-state index contributed by atoms with van der Waals surface area (Å²) in [7, 11) is 0. The molecule has 2 aromatic rings. The number of amides is 1. The van der Waals surface area contributed by atoms with E-state index in [1.807, 2.05) is 19.1 Å². The van der Waals surface area contributed by atoms with Crippen LogP contribution in [0.2, 0.25) is 0 Å². The molecule has 0 aliphatic carbocycles. The van der Waals surface area contributed by atoms with Gasteiger partial charge in [-0.15, -0.1) is 6.42 Å². The highest BCUT2D eigenvalue weighted by atomic mass is 16.5. The Morgan fingerprint density at radius 2 is 2.00 bits per heavy atom. The fraction of sp³-hybridized carbons (Fsp3) is 0.158. The summed E-state index contributed by atoms with van der Waals surface area (Å²) in [5, 5.41) is 3.95. The van der Waals surface area contributed by atoms with Crippen LogP contribution < -0.4 is 14.9 Å². The van der Waals surface area contributed by atoms with Gasteiger partial charge in [0.2, 0.25) is 0 Å². The number of nitrogens with zero attached hydrogens (tertiary/aromatic N) is 1. The summed E-state index contributed by atoms with van der Waals surface area (Å²) >= 11 is 0. The summed E-state index contributed by atoms with van der Waals surface area (Å²) in [5.41, 5.74) is 3.77. The van der Waals surface area contributed by atoms with Crippen molar-refractivity contribution in [1.82, 2.24) is 5.43 Å². The summed E-state index contributed by atoms with van der Waals surface area (Å²) in [6, 6.07) is 14.1. The number of benzene rings is 2. The molecule has 0 fully saturated rings. The summed E-state index contributed by atoms with van der Waals surface area (Å²) in [4.78, 5) is 12.0. The Labute approximate surface area is 141 Å². The van der Waals surface area contributed by atoms with E-state index >= 15 is 0 Å². The van der Waals surface area contributed by atoms with Crippen molar-refractivity contribution in [2.45, 2.75) is 6.92 Å². The minimum Gasteiger partial charge on any atom is -0.494 e. The van der Waals surface area contributed by atoms with Gasteiger partial charge in [0, 0.05) is 5.56 Å². The molecule has 1 N–H and O–H groups in total. The van der Waals surface area contributed by atoms with Crippen LogP contribution in [0, 0.1) is 12.3 Å². The number of hydrogen-bond acceptors (Lipinski definition) is 4. The quantitative estimate of drug-likeness (QED) is 0.484. The first-order chi connectivity index (χ1) is 11.7. The Morgan fingerprint density at radius 1 is 1.21 bits per heavy atom. The zero-order valence-corrected chi connectivity index (χ0v) is 13.4. The maximum Gasteiger partial charge on any atom is 0.271 e. The Bertz CT molecular complexity index is 746. The van der Waals surface area contributed by atoms with Crippen molar-refractivity contribution in [2.75, 3.05) is 13.2 Å². The number of carbonyl (C=O) groups is 1. The first kappa shape index (κ1) is 17.1. The molecule has 0 unspecified atom stereocenters. The van der Waals surface area contributed by atoms with E-state index < -0.39 is 0 Å². The number of nitrogens with one attached hydrogen (secondary N) is 1. The zero-order valence-electron chi connectivity index (χ0n) is 13.4. The summed E-state index contributed by atoms with van der Waals surface area (Å²) in [6.45, 7) is 2.69. The van der Waals surface area contributed by atoms with Crippen molar-refractivity contribution in [2.24, 2.45) is 5.10 Å². The third-order valence-corrected chi connectivity index (χ3v) is 2.99. The minimum absolute atomic E-state index is 0.203. The SMILES string of the molecule is C#CCOc1cccc(/C=N/NC(=O)c2ccc(OCC)cc2)c1. The van der Waals surface area contributed by atoms with Gasteiger partial charge in [-0.2, -0.15) is 5.10 Å². The van der Waals surface area contributed by atoms with Crippen molar-refractivity contribution in [1.29, 1.82) is 0 Å². The van der Waals surface area contributed by atoms with Gasteiger partial charge in [-0.25, -0.2) is 5.43 Å². The van der Waals surface area contributed by atoms with E-state index in [9.17, 15) is 4.79 Å². The maximum absolute atomic E-state index is 12.0. The molecular weight excluding hydrogens is 304 g/mol. The number of carbonyl (C=O) groups excluding carboxylic acids is 1. The molecule has 24 heavy (non-hydrogen) atoms. The van der Waals surface area contributed by atoms with Gasteiger partial charge in [0.1, 0.15) is 18.1 Å². The molecule has 0 radical (unpaired) electrons. The predicted molar refractivity (Wildman–Crippen MR) is 93.4 cm³/mol. The first-order valence-corrected chi connectivity index (χ1v) is 7.45. The second-order valence-electron chi connectivity index (χ2n) is 4.72. The first-order valence-electron chi connectivity index (χ1n) is 7.45. The highest BCUT2D eigenvalue weighted by Crippen LogP contribution is 2.13. The molecule has 0 heterocycles.